The van der Waals surface area contributed by atoms with E-state index < -0.39 is 0 Å². The Kier molecular flexibility index (Phi) is 2.69. The van der Waals surface area contributed by atoms with Crippen LogP contribution in [-0.2, 0) is 11.8 Å². The third-order valence-corrected chi connectivity index (χ3v) is 3.08. The van der Waals surface area contributed by atoms with E-state index in [0.29, 0.717) is 0 Å². The molecule has 0 saturated carbocycles. The number of halogens is 1. The van der Waals surface area contributed by atoms with Gasteiger partial charge < -0.3 is 5.73 Å². The summed E-state index contributed by atoms with van der Waals surface area (Å²) in [5.74, 6) is 0. The van der Waals surface area contributed by atoms with Gasteiger partial charge >= 0.3 is 0 Å². The Bertz CT molecular complexity index is 307. The van der Waals surface area contributed by atoms with Crippen LogP contribution in [0.15, 0.2) is 24.3 Å². The molecule has 0 spiro atoms. The quantitative estimate of drug-likeness (QED) is 0.679. The van der Waals surface area contributed by atoms with E-state index in [9.17, 15) is 0 Å². The van der Waals surface area contributed by atoms with Crippen molar-refractivity contribution in [3.8, 4) is 0 Å². The molecule has 0 amide bonds. The average molecular weight is 198 g/mol. The molecule has 0 saturated heterocycles. The van der Waals surface area contributed by atoms with E-state index in [2.05, 4.69) is 38.1 Å². The summed E-state index contributed by atoms with van der Waals surface area (Å²) in [7, 11) is 0. The molecule has 0 heterocycles. The Labute approximate surface area is 85.7 Å². The number of hydrogen-bond acceptors (Lipinski definition) is 1. The molecule has 2 N–H and O–H groups in total. The first-order chi connectivity index (χ1) is 5.62. The monoisotopic (exact) mass is 197 g/mol. The highest BCUT2D eigenvalue weighted by Crippen LogP contribution is 2.36. The molecular formula is C11H16ClN. The standard InChI is InChI=1S/C11H15N.ClH/c1-11(2)9-6-4-3-5-8(9)7-10(11)12;/h3-6,10H,7,12H2,1-2H3;1H/t10-;/m1./s1. The lowest BCUT2D eigenvalue weighted by Gasteiger charge is -2.24. The zero-order valence-corrected chi connectivity index (χ0v) is 8.90. The molecule has 13 heavy (non-hydrogen) atoms. The molecule has 0 bridgehead atoms. The molecule has 0 aromatic heterocycles. The summed E-state index contributed by atoms with van der Waals surface area (Å²) in [4.78, 5) is 0. The van der Waals surface area contributed by atoms with Crippen LogP contribution < -0.4 is 5.73 Å². The zero-order chi connectivity index (χ0) is 8.77. The number of rotatable bonds is 0. The molecule has 1 aromatic rings. The predicted octanol–water partition coefficient (Wildman–Crippen LogP) is 2.27. The minimum Gasteiger partial charge on any atom is -0.327 e. The van der Waals surface area contributed by atoms with Crippen molar-refractivity contribution in [2.24, 2.45) is 5.73 Å². The van der Waals surface area contributed by atoms with Gasteiger partial charge in [-0.15, -0.1) is 12.4 Å². The second-order valence-corrected chi connectivity index (χ2v) is 4.19. The Balaban J connectivity index is 0.000000845. The molecule has 1 aliphatic rings. The Morgan fingerprint density at radius 2 is 1.92 bits per heavy atom. The molecule has 0 unspecified atom stereocenters. The van der Waals surface area contributed by atoms with Gasteiger partial charge in [0.15, 0.2) is 0 Å². The van der Waals surface area contributed by atoms with Crippen molar-refractivity contribution in [2.45, 2.75) is 31.7 Å². The van der Waals surface area contributed by atoms with E-state index in [0.717, 1.165) is 6.42 Å². The fraction of sp³-hybridized carbons (Fsp3) is 0.455. The minimum absolute atomic E-state index is 0. The van der Waals surface area contributed by atoms with Crippen LogP contribution >= 0.6 is 12.4 Å². The maximum Gasteiger partial charge on any atom is 0.0172 e. The van der Waals surface area contributed by atoms with Gasteiger partial charge in [-0.25, -0.2) is 0 Å². The normalized spacial score (nSPS) is 23.5. The van der Waals surface area contributed by atoms with E-state index in [1.54, 1.807) is 0 Å². The number of hydrogen-bond donors (Lipinski definition) is 1. The molecular weight excluding hydrogens is 182 g/mol. The third-order valence-electron chi connectivity index (χ3n) is 3.08. The van der Waals surface area contributed by atoms with Crippen molar-refractivity contribution in [3.05, 3.63) is 35.4 Å². The molecule has 1 nitrogen and oxygen atoms in total. The van der Waals surface area contributed by atoms with E-state index >= 15 is 0 Å². The van der Waals surface area contributed by atoms with Gasteiger partial charge in [-0.2, -0.15) is 0 Å². The fourth-order valence-electron chi connectivity index (χ4n) is 2.02. The van der Waals surface area contributed by atoms with Crippen LogP contribution in [-0.4, -0.2) is 6.04 Å². The summed E-state index contributed by atoms with van der Waals surface area (Å²) < 4.78 is 0. The molecule has 0 fully saturated rings. The molecule has 0 aliphatic heterocycles. The van der Waals surface area contributed by atoms with E-state index in [-0.39, 0.29) is 23.9 Å². The summed E-state index contributed by atoms with van der Waals surface area (Å²) >= 11 is 0. The van der Waals surface area contributed by atoms with Gasteiger partial charge in [-0.1, -0.05) is 38.1 Å². The Morgan fingerprint density at radius 3 is 2.54 bits per heavy atom. The van der Waals surface area contributed by atoms with Crippen molar-refractivity contribution in [3.63, 3.8) is 0 Å². The largest absolute Gasteiger partial charge is 0.327 e. The summed E-state index contributed by atoms with van der Waals surface area (Å²) in [5, 5.41) is 0. The lowest BCUT2D eigenvalue weighted by atomic mass is 9.84. The zero-order valence-electron chi connectivity index (χ0n) is 8.08. The molecule has 72 valence electrons. The van der Waals surface area contributed by atoms with Crippen LogP contribution in [0.3, 0.4) is 0 Å². The van der Waals surface area contributed by atoms with Gasteiger partial charge in [-0.05, 0) is 17.5 Å². The first-order valence-electron chi connectivity index (χ1n) is 4.46. The fourth-order valence-corrected chi connectivity index (χ4v) is 2.02. The van der Waals surface area contributed by atoms with Gasteiger partial charge in [0.2, 0.25) is 0 Å². The van der Waals surface area contributed by atoms with Crippen molar-refractivity contribution in [1.29, 1.82) is 0 Å². The van der Waals surface area contributed by atoms with Gasteiger partial charge in [-0.3, -0.25) is 0 Å². The molecule has 1 aliphatic carbocycles. The molecule has 0 radical (unpaired) electrons. The van der Waals surface area contributed by atoms with Crippen LogP contribution in [0.2, 0.25) is 0 Å². The lowest BCUT2D eigenvalue weighted by Crippen LogP contribution is -2.36. The number of nitrogens with two attached hydrogens (primary N) is 1. The molecule has 2 heteroatoms. The van der Waals surface area contributed by atoms with Crippen molar-refractivity contribution in [1.82, 2.24) is 0 Å². The van der Waals surface area contributed by atoms with Crippen molar-refractivity contribution >= 4 is 12.4 Å². The summed E-state index contributed by atoms with van der Waals surface area (Å²) in [5.41, 5.74) is 9.08. The van der Waals surface area contributed by atoms with Gasteiger partial charge in [0, 0.05) is 11.5 Å². The van der Waals surface area contributed by atoms with Gasteiger partial charge in [0.25, 0.3) is 0 Å². The maximum atomic E-state index is 6.06. The van der Waals surface area contributed by atoms with Crippen molar-refractivity contribution < 1.29 is 0 Å². The summed E-state index contributed by atoms with van der Waals surface area (Å²) in [6.07, 6.45) is 1.03. The van der Waals surface area contributed by atoms with E-state index in [1.165, 1.54) is 11.1 Å². The first-order valence-corrected chi connectivity index (χ1v) is 4.46. The lowest BCUT2D eigenvalue weighted by molar-refractivity contribution is 0.445. The average Bonchev–Trinajstić information content (AvgIpc) is 2.25. The highest BCUT2D eigenvalue weighted by molar-refractivity contribution is 5.85. The highest BCUT2D eigenvalue weighted by atomic mass is 35.5. The van der Waals surface area contributed by atoms with Crippen LogP contribution in [0.1, 0.15) is 25.0 Å². The number of fused-ring (bicyclic) bond motifs is 1. The second-order valence-electron chi connectivity index (χ2n) is 4.19. The number of benzene rings is 1. The first kappa shape index (κ1) is 10.6. The van der Waals surface area contributed by atoms with Crippen molar-refractivity contribution in [2.75, 3.05) is 0 Å². The predicted molar refractivity (Wildman–Crippen MR) is 58.4 cm³/mol. The SMILES string of the molecule is CC1(C)c2ccccc2C[C@H]1N.Cl. The molecule has 1 aromatic carbocycles. The van der Waals surface area contributed by atoms with E-state index in [4.69, 9.17) is 5.73 Å². The minimum atomic E-state index is 0. The van der Waals surface area contributed by atoms with E-state index in [1.807, 2.05) is 0 Å². The van der Waals surface area contributed by atoms with Gasteiger partial charge in [0.1, 0.15) is 0 Å². The Hall–Kier alpha value is -0.530. The molecule has 2 rings (SSSR count). The third kappa shape index (κ3) is 1.47. The van der Waals surface area contributed by atoms with Crippen LogP contribution in [0.25, 0.3) is 0 Å². The topological polar surface area (TPSA) is 26.0 Å². The molecule has 1 atom stereocenters. The van der Waals surface area contributed by atoms with Gasteiger partial charge in [0.05, 0.1) is 0 Å². The van der Waals surface area contributed by atoms with Crippen LogP contribution in [0, 0.1) is 0 Å². The summed E-state index contributed by atoms with van der Waals surface area (Å²) in [6, 6.07) is 8.85. The summed E-state index contributed by atoms with van der Waals surface area (Å²) in [6.45, 7) is 4.45. The highest BCUT2D eigenvalue weighted by Gasteiger charge is 2.36. The van der Waals surface area contributed by atoms with Crippen LogP contribution in [0.5, 0.6) is 0 Å². The smallest absolute Gasteiger partial charge is 0.0172 e. The van der Waals surface area contributed by atoms with Crippen LogP contribution in [0.4, 0.5) is 0 Å². The Morgan fingerprint density at radius 1 is 1.31 bits per heavy atom. The second kappa shape index (κ2) is 3.32. The maximum absolute atomic E-state index is 6.06.